The molecule has 8 nitrogen and oxygen atoms in total. The van der Waals surface area contributed by atoms with Crippen LogP contribution in [0, 0.1) is 5.41 Å². The average Bonchev–Trinajstić information content (AvgIpc) is 3.25. The number of hydrogen-bond acceptors (Lipinski definition) is 4. The minimum atomic E-state index is -0.273. The summed E-state index contributed by atoms with van der Waals surface area (Å²) in [6.07, 6.45) is 7.08. The fraction of sp³-hybridized carbons (Fsp3) is 0.368. The molecule has 0 unspecified atom stereocenters. The first kappa shape index (κ1) is 18.6. The molecule has 0 fully saturated rings. The van der Waals surface area contributed by atoms with Crippen molar-refractivity contribution in [1.29, 1.82) is 0 Å². The molecule has 3 heterocycles. The van der Waals surface area contributed by atoms with Crippen LogP contribution in [0.5, 0.6) is 0 Å². The second kappa shape index (κ2) is 7.61. The molecule has 0 saturated heterocycles. The van der Waals surface area contributed by atoms with Gasteiger partial charge in [0.15, 0.2) is 0 Å². The topological polar surface area (TPSA) is 89.7 Å². The molecule has 0 spiro atoms. The van der Waals surface area contributed by atoms with E-state index in [1.54, 1.807) is 30.5 Å². The Labute approximate surface area is 158 Å². The number of nitrogens with zero attached hydrogens (tertiary/aromatic N) is 5. The number of pyridine rings is 1. The van der Waals surface area contributed by atoms with Crippen LogP contribution in [0.15, 0.2) is 49.2 Å². The van der Waals surface area contributed by atoms with E-state index in [-0.39, 0.29) is 17.5 Å². The van der Waals surface area contributed by atoms with Crippen molar-refractivity contribution < 1.29 is 4.79 Å². The van der Waals surface area contributed by atoms with E-state index in [0.29, 0.717) is 18.1 Å². The van der Waals surface area contributed by atoms with Gasteiger partial charge in [-0.3, -0.25) is 15.0 Å². The second-order valence-electron chi connectivity index (χ2n) is 7.53. The van der Waals surface area contributed by atoms with Gasteiger partial charge in [0.1, 0.15) is 11.5 Å². The van der Waals surface area contributed by atoms with Crippen LogP contribution in [0.25, 0.3) is 11.4 Å². The molecule has 0 aliphatic rings. The lowest BCUT2D eigenvalue weighted by Crippen LogP contribution is -2.48. The molecule has 0 radical (unpaired) electrons. The first-order valence-electron chi connectivity index (χ1n) is 8.81. The highest BCUT2D eigenvalue weighted by molar-refractivity contribution is 5.89. The van der Waals surface area contributed by atoms with Gasteiger partial charge in [0.25, 0.3) is 0 Å². The zero-order valence-electron chi connectivity index (χ0n) is 16.0. The SMILES string of the molecule is Cn1nc(-c2ccccn2)cc1NC(=O)N[C@@H](Cn1ccnc1)C(C)(C)C. The molecule has 3 aromatic heterocycles. The highest BCUT2D eigenvalue weighted by atomic mass is 16.2. The zero-order valence-corrected chi connectivity index (χ0v) is 16.0. The van der Waals surface area contributed by atoms with Gasteiger partial charge in [-0.15, -0.1) is 0 Å². The lowest BCUT2D eigenvalue weighted by molar-refractivity contribution is 0.218. The van der Waals surface area contributed by atoms with Crippen molar-refractivity contribution in [2.75, 3.05) is 5.32 Å². The number of carbonyl (C=O) groups is 1. The monoisotopic (exact) mass is 367 g/mol. The van der Waals surface area contributed by atoms with Crippen LogP contribution < -0.4 is 10.6 Å². The Morgan fingerprint density at radius 1 is 1.22 bits per heavy atom. The van der Waals surface area contributed by atoms with Crippen molar-refractivity contribution in [3.8, 4) is 11.4 Å². The summed E-state index contributed by atoms with van der Waals surface area (Å²) in [7, 11) is 1.79. The van der Waals surface area contributed by atoms with E-state index >= 15 is 0 Å². The van der Waals surface area contributed by atoms with Gasteiger partial charge in [-0.1, -0.05) is 26.8 Å². The van der Waals surface area contributed by atoms with Crippen molar-refractivity contribution >= 4 is 11.8 Å². The van der Waals surface area contributed by atoms with E-state index in [0.717, 1.165) is 5.69 Å². The first-order valence-corrected chi connectivity index (χ1v) is 8.81. The summed E-state index contributed by atoms with van der Waals surface area (Å²) in [5.74, 6) is 0.600. The average molecular weight is 367 g/mol. The smallest absolute Gasteiger partial charge is 0.320 e. The van der Waals surface area contributed by atoms with Crippen LogP contribution in [-0.2, 0) is 13.6 Å². The summed E-state index contributed by atoms with van der Waals surface area (Å²) >= 11 is 0. The summed E-state index contributed by atoms with van der Waals surface area (Å²) in [6, 6.07) is 7.10. The number of nitrogens with one attached hydrogen (secondary N) is 2. The molecule has 142 valence electrons. The van der Waals surface area contributed by atoms with Crippen molar-refractivity contribution in [2.45, 2.75) is 33.4 Å². The maximum atomic E-state index is 12.6. The fourth-order valence-electron chi connectivity index (χ4n) is 2.68. The molecule has 3 rings (SSSR count). The van der Waals surface area contributed by atoms with Gasteiger partial charge in [-0.25, -0.2) is 9.78 Å². The molecular formula is C19H25N7O. The Kier molecular flexibility index (Phi) is 5.25. The number of urea groups is 1. The molecule has 8 heteroatoms. The molecule has 0 bridgehead atoms. The third-order valence-electron chi connectivity index (χ3n) is 4.35. The fourth-order valence-corrected chi connectivity index (χ4v) is 2.68. The number of amides is 2. The highest BCUT2D eigenvalue weighted by Crippen LogP contribution is 2.22. The molecule has 27 heavy (non-hydrogen) atoms. The van der Waals surface area contributed by atoms with Crippen molar-refractivity contribution in [3.05, 3.63) is 49.2 Å². The maximum Gasteiger partial charge on any atom is 0.320 e. The van der Waals surface area contributed by atoms with Crippen LogP contribution in [0.1, 0.15) is 20.8 Å². The molecule has 2 amide bonds. The van der Waals surface area contributed by atoms with Crippen LogP contribution in [0.4, 0.5) is 10.6 Å². The Balaban J connectivity index is 1.70. The largest absolute Gasteiger partial charge is 0.335 e. The maximum absolute atomic E-state index is 12.6. The second-order valence-corrected chi connectivity index (χ2v) is 7.53. The molecule has 1 atom stereocenters. The third kappa shape index (κ3) is 4.72. The van der Waals surface area contributed by atoms with Gasteiger partial charge in [0.05, 0.1) is 18.1 Å². The number of imidazole rings is 1. The Bertz CT molecular complexity index is 879. The summed E-state index contributed by atoms with van der Waals surface area (Å²) in [5, 5.41) is 10.4. The molecule has 0 aromatic carbocycles. The Hall–Kier alpha value is -3.16. The lowest BCUT2D eigenvalue weighted by atomic mass is 9.86. The summed E-state index contributed by atoms with van der Waals surface area (Å²) in [6.45, 7) is 6.93. The third-order valence-corrected chi connectivity index (χ3v) is 4.35. The van der Waals surface area contributed by atoms with E-state index in [4.69, 9.17) is 0 Å². The van der Waals surface area contributed by atoms with Crippen LogP contribution in [-0.4, -0.2) is 36.4 Å². The van der Waals surface area contributed by atoms with Gasteiger partial charge in [0.2, 0.25) is 0 Å². The predicted octanol–water partition coefficient (Wildman–Crippen LogP) is 2.92. The number of anilines is 1. The minimum absolute atomic E-state index is 0.0739. The van der Waals surface area contributed by atoms with E-state index < -0.39 is 0 Å². The van der Waals surface area contributed by atoms with Crippen molar-refractivity contribution in [3.63, 3.8) is 0 Å². The van der Waals surface area contributed by atoms with E-state index in [9.17, 15) is 4.79 Å². The van der Waals surface area contributed by atoms with Gasteiger partial charge in [-0.05, 0) is 17.5 Å². The number of carbonyl (C=O) groups excluding carboxylic acids is 1. The van der Waals surface area contributed by atoms with Crippen molar-refractivity contribution in [2.24, 2.45) is 12.5 Å². The first-order chi connectivity index (χ1) is 12.8. The minimum Gasteiger partial charge on any atom is -0.335 e. The number of hydrogen-bond donors (Lipinski definition) is 2. The van der Waals surface area contributed by atoms with Gasteiger partial charge in [-0.2, -0.15) is 5.10 Å². The standard InChI is InChI=1S/C19H25N7O/c1-19(2,3)16(12-26-10-9-20-13-26)22-18(27)23-17-11-15(24-25(17)4)14-7-5-6-8-21-14/h5-11,13,16H,12H2,1-4H3,(H2,22,23,27)/t16-/m0/s1. The van der Waals surface area contributed by atoms with Crippen LogP contribution in [0.2, 0.25) is 0 Å². The molecule has 0 saturated carbocycles. The van der Waals surface area contributed by atoms with E-state index in [2.05, 4.69) is 46.5 Å². The van der Waals surface area contributed by atoms with Gasteiger partial charge in [0, 0.05) is 38.2 Å². The quantitative estimate of drug-likeness (QED) is 0.725. The number of rotatable bonds is 5. The Morgan fingerprint density at radius 2 is 2.04 bits per heavy atom. The lowest BCUT2D eigenvalue weighted by Gasteiger charge is -2.31. The number of aryl methyl sites for hydroxylation is 1. The molecule has 3 aromatic rings. The predicted molar refractivity (Wildman–Crippen MR) is 104 cm³/mol. The molecule has 0 aliphatic carbocycles. The zero-order chi connectivity index (χ0) is 19.4. The normalized spacial score (nSPS) is 12.6. The highest BCUT2D eigenvalue weighted by Gasteiger charge is 2.27. The summed E-state index contributed by atoms with van der Waals surface area (Å²) < 4.78 is 3.59. The number of aromatic nitrogens is 5. The van der Waals surface area contributed by atoms with E-state index in [1.165, 1.54) is 0 Å². The Morgan fingerprint density at radius 3 is 2.67 bits per heavy atom. The van der Waals surface area contributed by atoms with Gasteiger partial charge < -0.3 is 9.88 Å². The van der Waals surface area contributed by atoms with Crippen molar-refractivity contribution in [1.82, 2.24) is 29.6 Å². The van der Waals surface area contributed by atoms with E-state index in [1.807, 2.05) is 35.0 Å². The summed E-state index contributed by atoms with van der Waals surface area (Å²) in [4.78, 5) is 20.9. The molecular weight excluding hydrogens is 342 g/mol. The van der Waals surface area contributed by atoms with Crippen LogP contribution in [0.3, 0.4) is 0 Å². The summed E-state index contributed by atoms with van der Waals surface area (Å²) in [5.41, 5.74) is 1.35. The van der Waals surface area contributed by atoms with Crippen LogP contribution >= 0.6 is 0 Å². The molecule has 0 aliphatic heterocycles. The van der Waals surface area contributed by atoms with Gasteiger partial charge >= 0.3 is 6.03 Å². The molecule has 2 N–H and O–H groups in total.